The van der Waals surface area contributed by atoms with Crippen LogP contribution < -0.4 is 5.32 Å². The van der Waals surface area contributed by atoms with Crippen LogP contribution >= 0.6 is 22.6 Å². The van der Waals surface area contributed by atoms with E-state index in [1.165, 1.54) is 0 Å². The van der Waals surface area contributed by atoms with Crippen LogP contribution in [0.15, 0.2) is 24.3 Å². The standard InChI is InChI=1S/C14H20INO3/c1-4-19-13(17)14(2,16-9-10-18-3)11-5-7-12(15)8-6-11/h5-8,16H,4,9-10H2,1-3H3. The van der Waals surface area contributed by atoms with Gasteiger partial charge in [-0.25, -0.2) is 4.79 Å². The van der Waals surface area contributed by atoms with Crippen molar-refractivity contribution < 1.29 is 14.3 Å². The summed E-state index contributed by atoms with van der Waals surface area (Å²) in [6.45, 7) is 5.13. The predicted molar refractivity (Wildman–Crippen MR) is 83.0 cm³/mol. The van der Waals surface area contributed by atoms with Crippen molar-refractivity contribution in [2.75, 3.05) is 26.9 Å². The van der Waals surface area contributed by atoms with Gasteiger partial charge in [-0.15, -0.1) is 0 Å². The molecule has 0 saturated carbocycles. The molecule has 1 N–H and O–H groups in total. The normalized spacial score (nSPS) is 13.9. The second kappa shape index (κ2) is 7.81. The number of halogens is 1. The minimum atomic E-state index is -0.848. The average molecular weight is 377 g/mol. The first-order valence-corrected chi connectivity index (χ1v) is 7.29. The fraction of sp³-hybridized carbons (Fsp3) is 0.500. The Morgan fingerprint density at radius 1 is 1.37 bits per heavy atom. The first-order chi connectivity index (χ1) is 9.04. The molecule has 0 fully saturated rings. The monoisotopic (exact) mass is 377 g/mol. The zero-order valence-electron chi connectivity index (χ0n) is 11.5. The van der Waals surface area contributed by atoms with Gasteiger partial charge < -0.3 is 9.47 Å². The number of benzene rings is 1. The van der Waals surface area contributed by atoms with Crippen LogP contribution in [-0.2, 0) is 19.8 Å². The molecule has 0 saturated heterocycles. The lowest BCUT2D eigenvalue weighted by Gasteiger charge is -2.29. The molecule has 5 heteroatoms. The van der Waals surface area contributed by atoms with Crippen molar-refractivity contribution in [1.29, 1.82) is 0 Å². The Hall–Kier alpha value is -0.660. The molecule has 0 radical (unpaired) electrons. The molecule has 0 aliphatic heterocycles. The Morgan fingerprint density at radius 2 is 2.00 bits per heavy atom. The summed E-state index contributed by atoms with van der Waals surface area (Å²) in [5.74, 6) is -0.271. The summed E-state index contributed by atoms with van der Waals surface area (Å²) in [5, 5.41) is 3.22. The Balaban J connectivity index is 2.96. The smallest absolute Gasteiger partial charge is 0.330 e. The molecule has 19 heavy (non-hydrogen) atoms. The first kappa shape index (κ1) is 16.4. The summed E-state index contributed by atoms with van der Waals surface area (Å²) in [7, 11) is 1.63. The number of ether oxygens (including phenoxy) is 2. The van der Waals surface area contributed by atoms with Gasteiger partial charge in [-0.1, -0.05) is 12.1 Å². The molecule has 1 aromatic carbocycles. The summed E-state index contributed by atoms with van der Waals surface area (Å²) in [4.78, 5) is 12.2. The van der Waals surface area contributed by atoms with E-state index in [0.717, 1.165) is 9.13 Å². The van der Waals surface area contributed by atoms with E-state index in [2.05, 4.69) is 27.9 Å². The number of methoxy groups -OCH3 is 1. The van der Waals surface area contributed by atoms with E-state index in [0.29, 0.717) is 19.8 Å². The summed E-state index contributed by atoms with van der Waals surface area (Å²) in [6, 6.07) is 7.84. The summed E-state index contributed by atoms with van der Waals surface area (Å²) in [6.07, 6.45) is 0. The third kappa shape index (κ3) is 4.43. The Bertz CT molecular complexity index is 408. The molecule has 1 rings (SSSR count). The van der Waals surface area contributed by atoms with E-state index in [1.807, 2.05) is 31.2 Å². The fourth-order valence-electron chi connectivity index (χ4n) is 1.75. The quantitative estimate of drug-likeness (QED) is 0.450. The van der Waals surface area contributed by atoms with Crippen LogP contribution in [0.5, 0.6) is 0 Å². The highest BCUT2D eigenvalue weighted by molar-refractivity contribution is 14.1. The van der Waals surface area contributed by atoms with Crippen molar-refractivity contribution in [3.63, 3.8) is 0 Å². The maximum atomic E-state index is 12.2. The van der Waals surface area contributed by atoms with Crippen LogP contribution in [0.2, 0.25) is 0 Å². The molecule has 0 amide bonds. The summed E-state index contributed by atoms with van der Waals surface area (Å²) >= 11 is 2.24. The molecule has 106 valence electrons. The van der Waals surface area contributed by atoms with E-state index in [1.54, 1.807) is 14.0 Å². The van der Waals surface area contributed by atoms with Crippen LogP contribution in [0.1, 0.15) is 19.4 Å². The van der Waals surface area contributed by atoms with Gasteiger partial charge in [0.15, 0.2) is 0 Å². The second-order valence-electron chi connectivity index (χ2n) is 4.27. The van der Waals surface area contributed by atoms with E-state index in [4.69, 9.17) is 9.47 Å². The van der Waals surface area contributed by atoms with Gasteiger partial charge >= 0.3 is 5.97 Å². The number of esters is 1. The number of hydrogen-bond donors (Lipinski definition) is 1. The maximum Gasteiger partial charge on any atom is 0.330 e. The predicted octanol–water partition coefficient (Wildman–Crippen LogP) is 2.31. The van der Waals surface area contributed by atoms with Crippen molar-refractivity contribution in [2.24, 2.45) is 0 Å². The molecule has 0 heterocycles. The molecule has 0 aliphatic rings. The third-order valence-corrected chi connectivity index (χ3v) is 3.61. The van der Waals surface area contributed by atoms with Crippen LogP contribution in [0.3, 0.4) is 0 Å². The van der Waals surface area contributed by atoms with Gasteiger partial charge in [0.05, 0.1) is 13.2 Å². The lowest BCUT2D eigenvalue weighted by Crippen LogP contribution is -2.48. The zero-order valence-corrected chi connectivity index (χ0v) is 13.7. The highest BCUT2D eigenvalue weighted by Gasteiger charge is 2.36. The highest BCUT2D eigenvalue weighted by atomic mass is 127. The minimum absolute atomic E-state index is 0.271. The third-order valence-electron chi connectivity index (χ3n) is 2.89. The first-order valence-electron chi connectivity index (χ1n) is 6.21. The second-order valence-corrected chi connectivity index (χ2v) is 5.52. The minimum Gasteiger partial charge on any atom is -0.464 e. The molecular weight excluding hydrogens is 357 g/mol. The molecular formula is C14H20INO3. The molecule has 1 unspecified atom stereocenters. The number of carbonyl (C=O) groups excluding carboxylic acids is 1. The Kier molecular flexibility index (Phi) is 6.74. The zero-order chi connectivity index (χ0) is 14.3. The molecule has 0 bridgehead atoms. The van der Waals surface area contributed by atoms with Crippen LogP contribution in [0, 0.1) is 3.57 Å². The molecule has 0 aliphatic carbocycles. The maximum absolute atomic E-state index is 12.2. The van der Waals surface area contributed by atoms with Crippen molar-refractivity contribution in [3.8, 4) is 0 Å². The van der Waals surface area contributed by atoms with E-state index >= 15 is 0 Å². The largest absolute Gasteiger partial charge is 0.464 e. The lowest BCUT2D eigenvalue weighted by molar-refractivity contribution is -0.151. The van der Waals surface area contributed by atoms with Crippen molar-refractivity contribution in [3.05, 3.63) is 33.4 Å². The van der Waals surface area contributed by atoms with Crippen LogP contribution in [0.4, 0.5) is 0 Å². The highest BCUT2D eigenvalue weighted by Crippen LogP contribution is 2.23. The molecule has 0 spiro atoms. The van der Waals surface area contributed by atoms with Gasteiger partial charge in [-0.05, 0) is 54.1 Å². The van der Waals surface area contributed by atoms with E-state index < -0.39 is 5.54 Å². The fourth-order valence-corrected chi connectivity index (χ4v) is 2.11. The average Bonchev–Trinajstić information content (AvgIpc) is 2.39. The summed E-state index contributed by atoms with van der Waals surface area (Å²) < 4.78 is 11.3. The number of rotatable bonds is 7. The molecule has 1 atom stereocenters. The van der Waals surface area contributed by atoms with Gasteiger partial charge in [0, 0.05) is 17.2 Å². The SMILES string of the molecule is CCOC(=O)C(C)(NCCOC)c1ccc(I)cc1. The Morgan fingerprint density at radius 3 is 2.53 bits per heavy atom. The summed E-state index contributed by atoms with van der Waals surface area (Å²) in [5.41, 5.74) is 0.0428. The van der Waals surface area contributed by atoms with Gasteiger partial charge in [0.1, 0.15) is 5.54 Å². The van der Waals surface area contributed by atoms with Crippen LogP contribution in [0.25, 0.3) is 0 Å². The lowest BCUT2D eigenvalue weighted by atomic mass is 9.92. The molecule has 4 nitrogen and oxygen atoms in total. The number of hydrogen-bond acceptors (Lipinski definition) is 4. The number of carbonyl (C=O) groups is 1. The van der Waals surface area contributed by atoms with Gasteiger partial charge in [-0.2, -0.15) is 0 Å². The van der Waals surface area contributed by atoms with E-state index in [-0.39, 0.29) is 5.97 Å². The van der Waals surface area contributed by atoms with Gasteiger partial charge in [0.25, 0.3) is 0 Å². The van der Waals surface area contributed by atoms with Crippen molar-refractivity contribution >= 4 is 28.6 Å². The van der Waals surface area contributed by atoms with Crippen LogP contribution in [-0.4, -0.2) is 32.8 Å². The van der Waals surface area contributed by atoms with Gasteiger partial charge in [-0.3, -0.25) is 5.32 Å². The Labute approximate surface area is 128 Å². The molecule has 1 aromatic rings. The van der Waals surface area contributed by atoms with E-state index in [9.17, 15) is 4.79 Å². The van der Waals surface area contributed by atoms with Crippen molar-refractivity contribution in [2.45, 2.75) is 19.4 Å². The number of nitrogens with one attached hydrogen (secondary N) is 1. The van der Waals surface area contributed by atoms with Crippen molar-refractivity contribution in [1.82, 2.24) is 5.32 Å². The van der Waals surface area contributed by atoms with Gasteiger partial charge in [0.2, 0.25) is 0 Å². The topological polar surface area (TPSA) is 47.6 Å². The molecule has 0 aromatic heterocycles.